The maximum Gasteiger partial charge on any atom is 0.0130 e. The number of hydrogen-bond acceptors (Lipinski definition) is 0. The van der Waals surface area contributed by atoms with E-state index in [0.29, 0.717) is 0 Å². The molecule has 0 aromatic heterocycles. The maximum absolute atomic E-state index is 2.35. The maximum atomic E-state index is 2.35. The molecular weight excluding hydrogens is 331 g/mol. The topological polar surface area (TPSA) is 0 Å². The van der Waals surface area contributed by atoms with E-state index in [1.807, 2.05) is 0 Å². The van der Waals surface area contributed by atoms with Crippen LogP contribution in [0.4, 0.5) is 0 Å². The number of hydrogen-bond donors (Lipinski definition) is 0. The van der Waals surface area contributed by atoms with E-state index >= 15 is 0 Å². The van der Waals surface area contributed by atoms with Gasteiger partial charge in [-0.25, -0.2) is 0 Å². The predicted molar refractivity (Wildman–Crippen MR) is 87.1 cm³/mol. The van der Waals surface area contributed by atoms with Crippen molar-refractivity contribution in [2.24, 2.45) is 0 Å². The molecule has 0 spiro atoms. The molecule has 0 aliphatic carbocycles. The fraction of sp³-hybridized carbons (Fsp3) is 0.294. The van der Waals surface area contributed by atoms with Crippen molar-refractivity contribution in [3.63, 3.8) is 0 Å². The molecule has 2 aromatic carbocycles. The first-order valence-corrected chi connectivity index (χ1v) is 7.37. The van der Waals surface area contributed by atoms with Crippen molar-refractivity contribution >= 4 is 22.6 Å². The summed E-state index contributed by atoms with van der Waals surface area (Å²) < 4.78 is 1.29. The van der Waals surface area contributed by atoms with Crippen LogP contribution in [0, 0.1) is 3.57 Å². The predicted octanol–water partition coefficient (Wildman–Crippen LogP) is 5.18. The van der Waals surface area contributed by atoms with Crippen LogP contribution in [-0.2, 0) is 11.8 Å². The Bertz CT molecular complexity index is 518. The van der Waals surface area contributed by atoms with Crippen molar-refractivity contribution in [2.75, 3.05) is 0 Å². The lowest BCUT2D eigenvalue weighted by Crippen LogP contribution is -2.14. The van der Waals surface area contributed by atoms with Gasteiger partial charge in [-0.2, -0.15) is 0 Å². The van der Waals surface area contributed by atoms with Gasteiger partial charge in [-0.1, -0.05) is 57.2 Å². The third kappa shape index (κ3) is 3.35. The molecule has 0 fully saturated rings. The van der Waals surface area contributed by atoms with Crippen LogP contribution >= 0.6 is 22.6 Å². The van der Waals surface area contributed by atoms with Crippen LogP contribution in [0.3, 0.4) is 0 Å². The molecule has 0 nitrogen and oxygen atoms in total. The molecule has 94 valence electrons. The zero-order chi connectivity index (χ0) is 13.2. The molecule has 18 heavy (non-hydrogen) atoms. The van der Waals surface area contributed by atoms with Crippen molar-refractivity contribution in [1.82, 2.24) is 0 Å². The Kier molecular flexibility index (Phi) is 4.10. The minimum absolute atomic E-state index is 0.208. The normalized spacial score (nSPS) is 11.6. The molecule has 0 atom stereocenters. The quantitative estimate of drug-likeness (QED) is 0.655. The number of rotatable bonds is 2. The summed E-state index contributed by atoms with van der Waals surface area (Å²) in [6, 6.07) is 17.6. The molecule has 0 aliphatic rings. The highest BCUT2D eigenvalue weighted by Crippen LogP contribution is 2.27. The Balaban J connectivity index is 2.32. The fourth-order valence-electron chi connectivity index (χ4n) is 2.23. The molecule has 0 N–H and O–H groups in total. The van der Waals surface area contributed by atoms with Crippen molar-refractivity contribution < 1.29 is 0 Å². The van der Waals surface area contributed by atoms with Crippen LogP contribution in [0.2, 0.25) is 0 Å². The van der Waals surface area contributed by atoms with Crippen LogP contribution in [0.25, 0.3) is 0 Å². The van der Waals surface area contributed by atoms with E-state index in [1.165, 1.54) is 20.3 Å². The lowest BCUT2D eigenvalue weighted by molar-refractivity contribution is 0.584. The van der Waals surface area contributed by atoms with Gasteiger partial charge >= 0.3 is 0 Å². The van der Waals surface area contributed by atoms with E-state index in [1.54, 1.807) is 0 Å². The summed E-state index contributed by atoms with van der Waals surface area (Å²) in [7, 11) is 0. The average Bonchev–Trinajstić information content (AvgIpc) is 2.31. The molecule has 0 heterocycles. The Morgan fingerprint density at radius 3 is 2.11 bits per heavy atom. The van der Waals surface area contributed by atoms with Gasteiger partial charge < -0.3 is 0 Å². The number of benzene rings is 2. The highest BCUT2D eigenvalue weighted by molar-refractivity contribution is 14.1. The zero-order valence-electron chi connectivity index (χ0n) is 11.2. The molecule has 0 saturated carbocycles. The molecular formula is C17H19I. The highest BCUT2D eigenvalue weighted by atomic mass is 127. The summed E-state index contributed by atoms with van der Waals surface area (Å²) in [6.07, 6.45) is 1.02. The first-order chi connectivity index (χ1) is 8.47. The Labute approximate surface area is 124 Å². The molecule has 2 aromatic rings. The molecule has 1 heteroatoms. The van der Waals surface area contributed by atoms with E-state index in [0.717, 1.165) is 6.42 Å². The summed E-state index contributed by atoms with van der Waals surface area (Å²) in [5.74, 6) is 0. The third-order valence-corrected chi connectivity index (χ3v) is 3.85. The SMILES string of the molecule is CC(C)(C)c1ccccc1Cc1ccc(I)cc1. The van der Waals surface area contributed by atoms with Gasteiger partial charge in [-0.3, -0.25) is 0 Å². The van der Waals surface area contributed by atoms with Gasteiger partial charge in [0.2, 0.25) is 0 Å². The van der Waals surface area contributed by atoms with Crippen LogP contribution in [0.1, 0.15) is 37.5 Å². The van der Waals surface area contributed by atoms with E-state index in [9.17, 15) is 0 Å². The molecule has 0 aliphatic heterocycles. The van der Waals surface area contributed by atoms with Gasteiger partial charge in [0.25, 0.3) is 0 Å². The minimum atomic E-state index is 0.208. The molecule has 2 rings (SSSR count). The van der Waals surface area contributed by atoms with Crippen molar-refractivity contribution in [3.8, 4) is 0 Å². The van der Waals surface area contributed by atoms with Crippen LogP contribution in [0.5, 0.6) is 0 Å². The second-order valence-electron chi connectivity index (χ2n) is 5.71. The largest absolute Gasteiger partial charge is 0.0620 e. The van der Waals surface area contributed by atoms with Gasteiger partial charge in [0, 0.05) is 3.57 Å². The second-order valence-corrected chi connectivity index (χ2v) is 6.96. The zero-order valence-corrected chi connectivity index (χ0v) is 13.4. The molecule has 0 amide bonds. The van der Waals surface area contributed by atoms with Crippen LogP contribution < -0.4 is 0 Å². The fourth-order valence-corrected chi connectivity index (χ4v) is 2.59. The summed E-state index contributed by atoms with van der Waals surface area (Å²) in [6.45, 7) is 6.83. The van der Waals surface area contributed by atoms with Gasteiger partial charge in [-0.05, 0) is 63.2 Å². The van der Waals surface area contributed by atoms with Crippen molar-refractivity contribution in [2.45, 2.75) is 32.6 Å². The summed E-state index contributed by atoms with van der Waals surface area (Å²) in [5.41, 5.74) is 4.47. The van der Waals surface area contributed by atoms with E-state index < -0.39 is 0 Å². The van der Waals surface area contributed by atoms with Gasteiger partial charge in [0.1, 0.15) is 0 Å². The Hall–Kier alpha value is -0.830. The lowest BCUT2D eigenvalue weighted by Gasteiger charge is -2.23. The standard InChI is InChI=1S/C17H19I/c1-17(2,3)16-7-5-4-6-14(16)12-13-8-10-15(18)11-9-13/h4-11H,12H2,1-3H3. The van der Waals surface area contributed by atoms with E-state index in [2.05, 4.69) is 91.9 Å². The minimum Gasteiger partial charge on any atom is -0.0620 e. The molecule has 0 radical (unpaired) electrons. The van der Waals surface area contributed by atoms with Crippen LogP contribution in [0.15, 0.2) is 48.5 Å². The van der Waals surface area contributed by atoms with Gasteiger partial charge in [0.15, 0.2) is 0 Å². The van der Waals surface area contributed by atoms with E-state index in [4.69, 9.17) is 0 Å². The van der Waals surface area contributed by atoms with Crippen LogP contribution in [-0.4, -0.2) is 0 Å². The first-order valence-electron chi connectivity index (χ1n) is 6.29. The summed E-state index contributed by atoms with van der Waals surface area (Å²) >= 11 is 2.35. The summed E-state index contributed by atoms with van der Waals surface area (Å²) in [5, 5.41) is 0. The number of halogens is 1. The molecule has 0 unspecified atom stereocenters. The lowest BCUT2D eigenvalue weighted by atomic mass is 9.82. The first kappa shape index (κ1) is 13.6. The summed E-state index contributed by atoms with van der Waals surface area (Å²) in [4.78, 5) is 0. The Morgan fingerprint density at radius 2 is 1.50 bits per heavy atom. The van der Waals surface area contributed by atoms with E-state index in [-0.39, 0.29) is 5.41 Å². The average molecular weight is 350 g/mol. The Morgan fingerprint density at radius 1 is 0.889 bits per heavy atom. The second kappa shape index (κ2) is 5.43. The van der Waals surface area contributed by atoms with Crippen molar-refractivity contribution in [3.05, 3.63) is 68.8 Å². The third-order valence-electron chi connectivity index (χ3n) is 3.13. The molecule has 0 saturated heterocycles. The van der Waals surface area contributed by atoms with Crippen molar-refractivity contribution in [1.29, 1.82) is 0 Å². The van der Waals surface area contributed by atoms with Gasteiger partial charge in [-0.15, -0.1) is 0 Å². The van der Waals surface area contributed by atoms with Gasteiger partial charge in [0.05, 0.1) is 0 Å². The smallest absolute Gasteiger partial charge is 0.0130 e. The highest BCUT2D eigenvalue weighted by Gasteiger charge is 2.17. The monoisotopic (exact) mass is 350 g/mol. The molecule has 0 bridgehead atoms.